The Hall–Kier alpha value is -0.870. The lowest BCUT2D eigenvalue weighted by Crippen LogP contribution is -1.78. The van der Waals surface area contributed by atoms with Crippen LogP contribution in [0.2, 0.25) is 10.0 Å². The minimum Gasteiger partial charge on any atom is -0.232 e. The predicted molar refractivity (Wildman–Crippen MR) is 41.7 cm³/mol. The third-order valence-corrected chi connectivity index (χ3v) is 2.01. The Labute approximate surface area is 71.5 Å². The molecule has 2 aromatic heterocycles. The summed E-state index contributed by atoms with van der Waals surface area (Å²) in [5, 5.41) is 10.7. The van der Waals surface area contributed by atoms with Crippen LogP contribution in [0.5, 0.6) is 0 Å². The average Bonchev–Trinajstić information content (AvgIpc) is 2.45. The van der Waals surface area contributed by atoms with Crippen LogP contribution in [0.4, 0.5) is 0 Å². The van der Waals surface area contributed by atoms with Crippen LogP contribution in [-0.4, -0.2) is 20.4 Å². The van der Waals surface area contributed by atoms with Gasteiger partial charge >= 0.3 is 0 Å². The number of aromatic amines is 1. The molecule has 0 aromatic carbocycles. The van der Waals surface area contributed by atoms with Gasteiger partial charge in [-0.15, -0.1) is 5.10 Å². The topological polar surface area (TPSA) is 54.5 Å². The molecule has 11 heavy (non-hydrogen) atoms. The van der Waals surface area contributed by atoms with Crippen LogP contribution < -0.4 is 0 Å². The van der Waals surface area contributed by atoms with E-state index in [-0.39, 0.29) is 0 Å². The summed E-state index contributed by atoms with van der Waals surface area (Å²) in [6.45, 7) is 0. The summed E-state index contributed by atoms with van der Waals surface area (Å²) in [7, 11) is 0. The molecule has 0 unspecified atom stereocenters. The first-order chi connectivity index (χ1) is 5.29. The van der Waals surface area contributed by atoms with E-state index < -0.39 is 0 Å². The van der Waals surface area contributed by atoms with Crippen molar-refractivity contribution in [1.29, 1.82) is 0 Å². The van der Waals surface area contributed by atoms with Crippen molar-refractivity contribution in [2.75, 3.05) is 0 Å². The molecule has 0 amide bonds. The molecule has 4 nitrogen and oxygen atoms in total. The van der Waals surface area contributed by atoms with Gasteiger partial charge in [0.15, 0.2) is 5.52 Å². The van der Waals surface area contributed by atoms with Crippen LogP contribution in [0.3, 0.4) is 0 Å². The van der Waals surface area contributed by atoms with E-state index in [1.807, 2.05) is 0 Å². The molecule has 0 aliphatic rings. The van der Waals surface area contributed by atoms with Crippen molar-refractivity contribution in [3.05, 3.63) is 16.2 Å². The molecule has 0 saturated carbocycles. The molecule has 2 rings (SSSR count). The Balaban J connectivity index is 2.93. The van der Waals surface area contributed by atoms with E-state index >= 15 is 0 Å². The number of rotatable bonds is 0. The standard InChI is InChI=1S/C5H2Cl2N4/c6-2-1-8-5-4(3(2)7)9-11-10-5/h1H,(H,8,9,10,11). The van der Waals surface area contributed by atoms with Crippen molar-refractivity contribution in [2.45, 2.75) is 0 Å². The van der Waals surface area contributed by atoms with Crippen LogP contribution in [0.25, 0.3) is 11.2 Å². The number of nitrogens with one attached hydrogen (secondary N) is 1. The molecular weight excluding hydrogens is 187 g/mol. The molecule has 6 heteroatoms. The van der Waals surface area contributed by atoms with Gasteiger partial charge in [0.2, 0.25) is 5.65 Å². The summed E-state index contributed by atoms with van der Waals surface area (Å²) in [5.41, 5.74) is 0.971. The highest BCUT2D eigenvalue weighted by Crippen LogP contribution is 2.25. The van der Waals surface area contributed by atoms with E-state index in [1.54, 1.807) is 0 Å². The smallest absolute Gasteiger partial charge is 0.203 e. The lowest BCUT2D eigenvalue weighted by Gasteiger charge is -1.91. The summed E-state index contributed by atoms with van der Waals surface area (Å²) in [6, 6.07) is 0. The first-order valence-electron chi connectivity index (χ1n) is 2.79. The maximum Gasteiger partial charge on any atom is 0.203 e. The fourth-order valence-corrected chi connectivity index (χ4v) is 1.06. The number of hydrogen-bond acceptors (Lipinski definition) is 3. The highest BCUT2D eigenvalue weighted by molar-refractivity contribution is 6.44. The van der Waals surface area contributed by atoms with Gasteiger partial charge in [-0.3, -0.25) is 0 Å². The zero-order chi connectivity index (χ0) is 7.84. The lowest BCUT2D eigenvalue weighted by molar-refractivity contribution is 0.954. The predicted octanol–water partition coefficient (Wildman–Crippen LogP) is 1.66. The highest BCUT2D eigenvalue weighted by Gasteiger charge is 2.07. The molecule has 0 spiro atoms. The molecule has 1 N–H and O–H groups in total. The minimum absolute atomic E-state index is 0.380. The Kier molecular flexibility index (Phi) is 1.44. The van der Waals surface area contributed by atoms with Gasteiger partial charge in [-0.05, 0) is 0 Å². The zero-order valence-corrected chi connectivity index (χ0v) is 6.69. The minimum atomic E-state index is 0.380. The Morgan fingerprint density at radius 2 is 2.09 bits per heavy atom. The Morgan fingerprint density at radius 1 is 1.27 bits per heavy atom. The van der Waals surface area contributed by atoms with E-state index in [9.17, 15) is 0 Å². The lowest BCUT2D eigenvalue weighted by atomic mass is 10.4. The SMILES string of the molecule is Clc1cnc2n[nH]nc2c1Cl. The second kappa shape index (κ2) is 2.32. The maximum absolute atomic E-state index is 5.77. The summed E-state index contributed by atoms with van der Waals surface area (Å²) < 4.78 is 0. The number of H-pyrrole nitrogens is 1. The molecule has 0 fully saturated rings. The molecule has 0 aliphatic carbocycles. The summed E-state index contributed by atoms with van der Waals surface area (Å²) in [4.78, 5) is 3.88. The van der Waals surface area contributed by atoms with Crippen molar-refractivity contribution >= 4 is 34.4 Å². The van der Waals surface area contributed by atoms with Gasteiger partial charge in [-0.1, -0.05) is 23.2 Å². The third kappa shape index (κ3) is 0.948. The van der Waals surface area contributed by atoms with Gasteiger partial charge in [-0.2, -0.15) is 10.3 Å². The molecule has 0 atom stereocenters. The second-order valence-electron chi connectivity index (χ2n) is 1.92. The van der Waals surface area contributed by atoms with E-state index in [1.165, 1.54) is 6.20 Å². The van der Waals surface area contributed by atoms with E-state index in [0.29, 0.717) is 21.2 Å². The molecule has 2 heterocycles. The van der Waals surface area contributed by atoms with Crippen LogP contribution in [-0.2, 0) is 0 Å². The summed E-state index contributed by atoms with van der Waals surface area (Å²) in [5.74, 6) is 0. The Bertz CT molecular complexity index is 396. The largest absolute Gasteiger partial charge is 0.232 e. The molecule has 0 bridgehead atoms. The van der Waals surface area contributed by atoms with Crippen molar-refractivity contribution < 1.29 is 0 Å². The number of nitrogens with zero attached hydrogens (tertiary/aromatic N) is 3. The van der Waals surface area contributed by atoms with Crippen molar-refractivity contribution in [1.82, 2.24) is 20.4 Å². The van der Waals surface area contributed by atoms with Crippen molar-refractivity contribution in [3.63, 3.8) is 0 Å². The highest BCUT2D eigenvalue weighted by atomic mass is 35.5. The zero-order valence-electron chi connectivity index (χ0n) is 5.17. The fourth-order valence-electron chi connectivity index (χ4n) is 0.750. The molecule has 2 aromatic rings. The van der Waals surface area contributed by atoms with Gasteiger partial charge in [0.25, 0.3) is 0 Å². The van der Waals surface area contributed by atoms with Crippen LogP contribution in [0.15, 0.2) is 6.20 Å². The number of aromatic nitrogens is 4. The second-order valence-corrected chi connectivity index (χ2v) is 2.70. The molecular formula is C5H2Cl2N4. The van der Waals surface area contributed by atoms with Crippen LogP contribution in [0, 0.1) is 0 Å². The number of pyridine rings is 1. The third-order valence-electron chi connectivity index (χ3n) is 1.25. The van der Waals surface area contributed by atoms with Crippen LogP contribution in [0.1, 0.15) is 0 Å². The Morgan fingerprint density at radius 3 is 2.91 bits per heavy atom. The number of hydrogen-bond donors (Lipinski definition) is 1. The van der Waals surface area contributed by atoms with E-state index in [4.69, 9.17) is 23.2 Å². The quantitative estimate of drug-likeness (QED) is 0.685. The monoisotopic (exact) mass is 188 g/mol. The van der Waals surface area contributed by atoms with Crippen molar-refractivity contribution in [2.24, 2.45) is 0 Å². The number of halogens is 2. The summed E-state index contributed by atoms with van der Waals surface area (Å²) >= 11 is 11.4. The van der Waals surface area contributed by atoms with Gasteiger partial charge in [-0.25, -0.2) is 4.98 Å². The summed E-state index contributed by atoms with van der Waals surface area (Å²) in [6.07, 6.45) is 1.44. The van der Waals surface area contributed by atoms with E-state index in [2.05, 4.69) is 20.4 Å². The maximum atomic E-state index is 5.77. The first-order valence-corrected chi connectivity index (χ1v) is 3.55. The average molecular weight is 189 g/mol. The molecule has 0 radical (unpaired) electrons. The van der Waals surface area contributed by atoms with Crippen LogP contribution >= 0.6 is 23.2 Å². The van der Waals surface area contributed by atoms with Crippen molar-refractivity contribution in [3.8, 4) is 0 Å². The first kappa shape index (κ1) is 6.82. The van der Waals surface area contributed by atoms with E-state index in [0.717, 1.165) is 0 Å². The van der Waals surface area contributed by atoms with Gasteiger partial charge in [0.05, 0.1) is 10.0 Å². The molecule has 0 aliphatic heterocycles. The number of fused-ring (bicyclic) bond motifs is 1. The fraction of sp³-hybridized carbons (Fsp3) is 0. The normalized spacial score (nSPS) is 10.7. The van der Waals surface area contributed by atoms with Gasteiger partial charge in [0, 0.05) is 6.20 Å². The van der Waals surface area contributed by atoms with Gasteiger partial charge < -0.3 is 0 Å². The van der Waals surface area contributed by atoms with Gasteiger partial charge in [0.1, 0.15) is 0 Å². The molecule has 0 saturated heterocycles. The molecule has 56 valence electrons.